The Kier molecular flexibility index (Phi) is 2.55. The number of amides is 1. The van der Waals surface area contributed by atoms with Gasteiger partial charge in [0.1, 0.15) is 6.10 Å². The third-order valence-corrected chi connectivity index (χ3v) is 3.72. The SMILES string of the molecule is O=C(C1CC1)N1CCC(Oc2nccs2)C1. The number of carbonyl (C=O) groups excluding carboxylic acids is 1. The number of hydrogen-bond donors (Lipinski definition) is 0. The van der Waals surface area contributed by atoms with Gasteiger partial charge in [0, 0.05) is 30.5 Å². The van der Waals surface area contributed by atoms with Crippen LogP contribution in [0.25, 0.3) is 0 Å². The van der Waals surface area contributed by atoms with E-state index in [4.69, 9.17) is 4.74 Å². The van der Waals surface area contributed by atoms with Crippen molar-refractivity contribution in [2.75, 3.05) is 13.1 Å². The molecule has 1 saturated carbocycles. The highest BCUT2D eigenvalue weighted by atomic mass is 32.1. The van der Waals surface area contributed by atoms with Gasteiger partial charge in [0.2, 0.25) is 5.91 Å². The third kappa shape index (κ3) is 2.04. The zero-order valence-electron chi connectivity index (χ0n) is 8.96. The van der Waals surface area contributed by atoms with Crippen molar-refractivity contribution in [3.63, 3.8) is 0 Å². The van der Waals surface area contributed by atoms with Crippen LogP contribution in [0.4, 0.5) is 0 Å². The normalized spacial score (nSPS) is 24.8. The first-order valence-corrected chi connectivity index (χ1v) is 6.56. The summed E-state index contributed by atoms with van der Waals surface area (Å²) in [5.74, 6) is 0.642. The van der Waals surface area contributed by atoms with E-state index < -0.39 is 0 Å². The Labute approximate surface area is 98.2 Å². The highest BCUT2D eigenvalue weighted by Gasteiger charge is 2.37. The van der Waals surface area contributed by atoms with Crippen molar-refractivity contribution in [2.45, 2.75) is 25.4 Å². The minimum Gasteiger partial charge on any atom is -0.465 e. The largest absolute Gasteiger partial charge is 0.465 e. The molecule has 0 spiro atoms. The molecule has 0 bridgehead atoms. The van der Waals surface area contributed by atoms with E-state index in [-0.39, 0.29) is 6.10 Å². The highest BCUT2D eigenvalue weighted by Crippen LogP contribution is 2.32. The van der Waals surface area contributed by atoms with Crippen LogP contribution in [0, 0.1) is 5.92 Å². The summed E-state index contributed by atoms with van der Waals surface area (Å²) in [5, 5.41) is 2.61. The van der Waals surface area contributed by atoms with E-state index in [1.54, 1.807) is 6.20 Å². The maximum absolute atomic E-state index is 11.8. The zero-order chi connectivity index (χ0) is 11.0. The lowest BCUT2D eigenvalue weighted by atomic mass is 10.3. The first kappa shape index (κ1) is 10.1. The van der Waals surface area contributed by atoms with Crippen LogP contribution in [0.15, 0.2) is 11.6 Å². The van der Waals surface area contributed by atoms with Gasteiger partial charge in [-0.2, -0.15) is 0 Å². The average Bonchev–Trinajstić information content (AvgIpc) is 2.82. The number of nitrogens with zero attached hydrogens (tertiary/aromatic N) is 2. The minimum absolute atomic E-state index is 0.133. The summed E-state index contributed by atoms with van der Waals surface area (Å²) in [7, 11) is 0. The molecule has 1 aromatic heterocycles. The van der Waals surface area contributed by atoms with Crippen LogP contribution < -0.4 is 4.74 Å². The van der Waals surface area contributed by atoms with Crippen LogP contribution in [-0.4, -0.2) is 35.0 Å². The molecule has 0 aromatic carbocycles. The van der Waals surface area contributed by atoms with Crippen LogP contribution in [-0.2, 0) is 4.79 Å². The molecule has 1 amide bonds. The van der Waals surface area contributed by atoms with Gasteiger partial charge in [0.15, 0.2) is 0 Å². The molecule has 1 aromatic rings. The number of likely N-dealkylation sites (tertiary alicyclic amines) is 1. The van der Waals surface area contributed by atoms with Crippen molar-refractivity contribution in [3.8, 4) is 5.19 Å². The van der Waals surface area contributed by atoms with Gasteiger partial charge in [0.05, 0.1) is 6.54 Å². The molecule has 1 aliphatic carbocycles. The summed E-state index contributed by atoms with van der Waals surface area (Å²) >= 11 is 1.50. The molecule has 2 aliphatic rings. The van der Waals surface area contributed by atoms with Crippen LogP contribution >= 0.6 is 11.3 Å². The molecule has 0 radical (unpaired) electrons. The first-order valence-electron chi connectivity index (χ1n) is 5.68. The van der Waals surface area contributed by atoms with Crippen molar-refractivity contribution < 1.29 is 9.53 Å². The predicted molar refractivity (Wildman–Crippen MR) is 60.5 cm³/mol. The van der Waals surface area contributed by atoms with Crippen LogP contribution in [0.5, 0.6) is 5.19 Å². The Bertz CT molecular complexity index is 375. The van der Waals surface area contributed by atoms with E-state index >= 15 is 0 Å². The van der Waals surface area contributed by atoms with Crippen LogP contribution in [0.1, 0.15) is 19.3 Å². The third-order valence-electron chi connectivity index (χ3n) is 3.06. The molecule has 2 heterocycles. The van der Waals surface area contributed by atoms with Gasteiger partial charge in [-0.25, -0.2) is 4.98 Å². The first-order chi connectivity index (χ1) is 7.83. The summed E-state index contributed by atoms with van der Waals surface area (Å²) in [4.78, 5) is 17.8. The van der Waals surface area contributed by atoms with Gasteiger partial charge in [-0.1, -0.05) is 11.3 Å². The van der Waals surface area contributed by atoms with Crippen molar-refractivity contribution in [2.24, 2.45) is 5.92 Å². The van der Waals surface area contributed by atoms with Gasteiger partial charge >= 0.3 is 0 Å². The van der Waals surface area contributed by atoms with E-state index in [2.05, 4.69) is 4.98 Å². The molecular formula is C11H14N2O2S. The van der Waals surface area contributed by atoms with Crippen molar-refractivity contribution in [1.29, 1.82) is 0 Å². The van der Waals surface area contributed by atoms with Gasteiger partial charge in [-0.05, 0) is 12.8 Å². The lowest BCUT2D eigenvalue weighted by Crippen LogP contribution is -2.31. The van der Waals surface area contributed by atoms with Crippen molar-refractivity contribution in [1.82, 2.24) is 9.88 Å². The summed E-state index contributed by atoms with van der Waals surface area (Å²) in [6.07, 6.45) is 4.95. The Balaban J connectivity index is 1.54. The van der Waals surface area contributed by atoms with Crippen LogP contribution in [0.2, 0.25) is 0 Å². The molecule has 86 valence electrons. The fourth-order valence-corrected chi connectivity index (χ4v) is 2.58. The number of ether oxygens (including phenoxy) is 1. The van der Waals surface area contributed by atoms with Crippen molar-refractivity contribution >= 4 is 17.2 Å². The quantitative estimate of drug-likeness (QED) is 0.802. The van der Waals surface area contributed by atoms with Gasteiger partial charge < -0.3 is 9.64 Å². The number of thiazole rings is 1. The molecule has 3 rings (SSSR count). The second-order valence-electron chi connectivity index (χ2n) is 4.39. The van der Waals surface area contributed by atoms with E-state index in [1.807, 2.05) is 10.3 Å². The molecule has 4 nitrogen and oxygen atoms in total. The monoisotopic (exact) mass is 238 g/mol. The Morgan fingerprint density at radius 3 is 3.06 bits per heavy atom. The molecule has 5 heteroatoms. The van der Waals surface area contributed by atoms with Gasteiger partial charge in [-0.15, -0.1) is 0 Å². The minimum atomic E-state index is 0.133. The summed E-state index contributed by atoms with van der Waals surface area (Å²) in [5.41, 5.74) is 0. The fourth-order valence-electron chi connectivity index (χ4n) is 2.02. The molecule has 1 aliphatic heterocycles. The number of hydrogen-bond acceptors (Lipinski definition) is 4. The maximum Gasteiger partial charge on any atom is 0.273 e. The van der Waals surface area contributed by atoms with E-state index in [0.717, 1.165) is 32.4 Å². The number of carbonyl (C=O) groups is 1. The summed E-state index contributed by atoms with van der Waals surface area (Å²) < 4.78 is 5.71. The molecule has 1 saturated heterocycles. The predicted octanol–water partition coefficient (Wildman–Crippen LogP) is 1.53. The standard InChI is InChI=1S/C11H14N2O2S/c14-10(8-1-2-8)13-5-3-9(7-13)15-11-12-4-6-16-11/h4,6,8-9H,1-3,5,7H2. The highest BCUT2D eigenvalue weighted by molar-refractivity contribution is 7.11. The van der Waals surface area contributed by atoms with Crippen LogP contribution in [0.3, 0.4) is 0 Å². The maximum atomic E-state index is 11.8. The number of rotatable bonds is 3. The molecule has 2 fully saturated rings. The molecular weight excluding hydrogens is 224 g/mol. The topological polar surface area (TPSA) is 42.4 Å². The van der Waals surface area contributed by atoms with Gasteiger partial charge in [0.25, 0.3) is 5.19 Å². The van der Waals surface area contributed by atoms with Crippen molar-refractivity contribution in [3.05, 3.63) is 11.6 Å². The Hall–Kier alpha value is -1.10. The van der Waals surface area contributed by atoms with E-state index in [1.165, 1.54) is 11.3 Å². The molecule has 1 atom stereocenters. The lowest BCUT2D eigenvalue weighted by molar-refractivity contribution is -0.131. The Morgan fingerprint density at radius 1 is 1.50 bits per heavy atom. The zero-order valence-corrected chi connectivity index (χ0v) is 9.78. The smallest absolute Gasteiger partial charge is 0.273 e. The lowest BCUT2D eigenvalue weighted by Gasteiger charge is -2.15. The molecule has 1 unspecified atom stereocenters. The molecule has 0 N–H and O–H groups in total. The average molecular weight is 238 g/mol. The second-order valence-corrected chi connectivity index (χ2v) is 5.24. The van der Waals surface area contributed by atoms with E-state index in [0.29, 0.717) is 17.0 Å². The summed E-state index contributed by atoms with van der Waals surface area (Å²) in [6, 6.07) is 0. The summed E-state index contributed by atoms with van der Waals surface area (Å²) in [6.45, 7) is 1.57. The van der Waals surface area contributed by atoms with E-state index in [9.17, 15) is 4.79 Å². The second kappa shape index (κ2) is 4.05. The Morgan fingerprint density at radius 2 is 2.38 bits per heavy atom. The van der Waals surface area contributed by atoms with Gasteiger partial charge in [-0.3, -0.25) is 4.79 Å². The fraction of sp³-hybridized carbons (Fsp3) is 0.636. The molecule has 16 heavy (non-hydrogen) atoms. The number of aromatic nitrogens is 1.